The van der Waals surface area contributed by atoms with E-state index >= 15 is 0 Å². The molecule has 0 radical (unpaired) electrons. The summed E-state index contributed by atoms with van der Waals surface area (Å²) in [7, 11) is 1.87. The molecule has 27 heavy (non-hydrogen) atoms. The maximum absolute atomic E-state index is 4.52. The van der Waals surface area contributed by atoms with Crippen LogP contribution in [0.4, 0.5) is 5.82 Å². The fraction of sp³-hybridized carbons (Fsp3) is 0.455. The molecule has 0 unspecified atom stereocenters. The third kappa shape index (κ3) is 5.46. The second-order valence-corrected chi connectivity index (χ2v) is 7.89. The van der Waals surface area contributed by atoms with Crippen molar-refractivity contribution in [2.24, 2.45) is 10.4 Å². The van der Waals surface area contributed by atoms with E-state index in [0.29, 0.717) is 0 Å². The predicted octanol–water partition coefficient (Wildman–Crippen LogP) is 3.05. The van der Waals surface area contributed by atoms with Gasteiger partial charge in [0.15, 0.2) is 5.96 Å². The van der Waals surface area contributed by atoms with Gasteiger partial charge >= 0.3 is 0 Å². The van der Waals surface area contributed by atoms with E-state index in [1.165, 1.54) is 5.56 Å². The second kappa shape index (κ2) is 8.89. The molecule has 1 aliphatic rings. The van der Waals surface area contributed by atoms with Gasteiger partial charge in [-0.3, -0.25) is 4.99 Å². The highest BCUT2D eigenvalue weighted by atomic mass is 15.4. The molecule has 1 aliphatic heterocycles. The molecule has 1 fully saturated rings. The van der Waals surface area contributed by atoms with Gasteiger partial charge in [-0.25, -0.2) is 4.98 Å². The Balaban J connectivity index is 1.51. The van der Waals surface area contributed by atoms with Crippen molar-refractivity contribution in [1.82, 2.24) is 15.2 Å². The number of rotatable bonds is 5. The smallest absolute Gasteiger partial charge is 0.193 e. The molecule has 5 heteroatoms. The molecule has 1 saturated heterocycles. The Morgan fingerprint density at radius 2 is 1.74 bits per heavy atom. The number of pyridine rings is 1. The van der Waals surface area contributed by atoms with E-state index in [0.717, 1.165) is 50.9 Å². The molecule has 1 N–H and O–H groups in total. The molecule has 0 saturated carbocycles. The van der Waals surface area contributed by atoms with Gasteiger partial charge < -0.3 is 15.1 Å². The van der Waals surface area contributed by atoms with Crippen LogP contribution in [0.1, 0.15) is 19.4 Å². The molecule has 0 amide bonds. The van der Waals surface area contributed by atoms with Crippen molar-refractivity contribution in [1.29, 1.82) is 0 Å². The first-order chi connectivity index (χ1) is 13.1. The van der Waals surface area contributed by atoms with Crippen molar-refractivity contribution in [2.75, 3.05) is 44.7 Å². The van der Waals surface area contributed by atoms with Crippen molar-refractivity contribution < 1.29 is 0 Å². The maximum Gasteiger partial charge on any atom is 0.193 e. The zero-order valence-corrected chi connectivity index (χ0v) is 16.7. The van der Waals surface area contributed by atoms with Gasteiger partial charge in [0.1, 0.15) is 5.82 Å². The van der Waals surface area contributed by atoms with Crippen LogP contribution in [0.25, 0.3) is 0 Å². The van der Waals surface area contributed by atoms with Crippen LogP contribution in [0.2, 0.25) is 0 Å². The van der Waals surface area contributed by atoms with E-state index in [-0.39, 0.29) is 5.41 Å². The van der Waals surface area contributed by atoms with Crippen LogP contribution in [0.15, 0.2) is 59.7 Å². The highest BCUT2D eigenvalue weighted by Crippen LogP contribution is 2.21. The van der Waals surface area contributed by atoms with Crippen molar-refractivity contribution in [3.63, 3.8) is 0 Å². The van der Waals surface area contributed by atoms with E-state index in [4.69, 9.17) is 0 Å². The lowest BCUT2D eigenvalue weighted by atomic mass is 9.86. The van der Waals surface area contributed by atoms with E-state index in [9.17, 15) is 0 Å². The first kappa shape index (κ1) is 19.2. The molecule has 5 nitrogen and oxygen atoms in total. The van der Waals surface area contributed by atoms with E-state index < -0.39 is 0 Å². The van der Waals surface area contributed by atoms with Gasteiger partial charge in [0.05, 0.1) is 0 Å². The topological polar surface area (TPSA) is 43.8 Å². The fourth-order valence-electron chi connectivity index (χ4n) is 3.55. The van der Waals surface area contributed by atoms with Crippen LogP contribution in [0.3, 0.4) is 0 Å². The van der Waals surface area contributed by atoms with Crippen molar-refractivity contribution in [3.8, 4) is 0 Å². The van der Waals surface area contributed by atoms with Crippen molar-refractivity contribution in [3.05, 3.63) is 60.3 Å². The van der Waals surface area contributed by atoms with E-state index in [2.05, 4.69) is 75.3 Å². The second-order valence-electron chi connectivity index (χ2n) is 7.89. The van der Waals surface area contributed by atoms with E-state index in [1.54, 1.807) is 0 Å². The summed E-state index contributed by atoms with van der Waals surface area (Å²) in [5, 5.41) is 3.60. The fourth-order valence-corrected chi connectivity index (χ4v) is 3.55. The van der Waals surface area contributed by atoms with Crippen LogP contribution in [0.5, 0.6) is 0 Å². The van der Waals surface area contributed by atoms with Gasteiger partial charge in [-0.05, 0) is 29.5 Å². The normalized spacial score (nSPS) is 15.7. The lowest BCUT2D eigenvalue weighted by molar-refractivity contribution is 0.333. The zero-order valence-electron chi connectivity index (χ0n) is 16.7. The molecular weight excluding hydrogens is 334 g/mol. The number of hydrogen-bond donors (Lipinski definition) is 1. The van der Waals surface area contributed by atoms with Gasteiger partial charge in [0, 0.05) is 46.0 Å². The Morgan fingerprint density at radius 1 is 1.04 bits per heavy atom. The number of nitrogens with zero attached hydrogens (tertiary/aromatic N) is 4. The predicted molar refractivity (Wildman–Crippen MR) is 113 cm³/mol. The first-order valence-electron chi connectivity index (χ1n) is 9.73. The zero-order chi connectivity index (χ0) is 19.1. The Labute approximate surface area is 163 Å². The number of anilines is 1. The minimum absolute atomic E-state index is 0.160. The average Bonchev–Trinajstić information content (AvgIpc) is 2.70. The summed E-state index contributed by atoms with van der Waals surface area (Å²) in [6.07, 6.45) is 2.91. The summed E-state index contributed by atoms with van der Waals surface area (Å²) < 4.78 is 0. The Hall–Kier alpha value is -2.56. The number of piperazine rings is 1. The highest BCUT2D eigenvalue weighted by molar-refractivity contribution is 5.80. The average molecular weight is 366 g/mol. The quantitative estimate of drug-likeness (QED) is 0.653. The SMILES string of the molecule is CN=C(NCC(C)(C)Cc1ccccc1)N1CCN(c2ccccn2)CC1. The van der Waals surface area contributed by atoms with Gasteiger partial charge in [-0.2, -0.15) is 0 Å². The van der Waals surface area contributed by atoms with Crippen molar-refractivity contribution >= 4 is 11.8 Å². The van der Waals surface area contributed by atoms with Crippen LogP contribution < -0.4 is 10.2 Å². The molecule has 2 heterocycles. The molecule has 0 bridgehead atoms. The van der Waals surface area contributed by atoms with Crippen LogP contribution in [-0.4, -0.2) is 55.6 Å². The number of aliphatic imine (C=N–C) groups is 1. The monoisotopic (exact) mass is 365 g/mol. The highest BCUT2D eigenvalue weighted by Gasteiger charge is 2.23. The lowest BCUT2D eigenvalue weighted by Crippen LogP contribution is -2.53. The molecule has 1 aromatic carbocycles. The number of hydrogen-bond acceptors (Lipinski definition) is 3. The van der Waals surface area contributed by atoms with Gasteiger partial charge in [0.25, 0.3) is 0 Å². The van der Waals surface area contributed by atoms with Crippen molar-refractivity contribution in [2.45, 2.75) is 20.3 Å². The van der Waals surface area contributed by atoms with Gasteiger partial charge in [0.2, 0.25) is 0 Å². The molecule has 1 aromatic heterocycles. The molecule has 0 atom stereocenters. The summed E-state index contributed by atoms with van der Waals surface area (Å²) in [5.74, 6) is 2.06. The Bertz CT molecular complexity index is 719. The molecule has 0 aliphatic carbocycles. The maximum atomic E-state index is 4.52. The Morgan fingerprint density at radius 3 is 2.37 bits per heavy atom. The Kier molecular flexibility index (Phi) is 6.32. The molecule has 2 aromatic rings. The summed E-state index contributed by atoms with van der Waals surface area (Å²) in [4.78, 5) is 13.7. The van der Waals surface area contributed by atoms with Gasteiger partial charge in [-0.15, -0.1) is 0 Å². The van der Waals surface area contributed by atoms with Gasteiger partial charge in [-0.1, -0.05) is 50.2 Å². The number of guanidine groups is 1. The number of aromatic nitrogens is 1. The molecular formula is C22H31N5. The minimum atomic E-state index is 0.160. The molecule has 144 valence electrons. The lowest BCUT2D eigenvalue weighted by Gasteiger charge is -2.38. The van der Waals surface area contributed by atoms with Crippen LogP contribution >= 0.6 is 0 Å². The largest absolute Gasteiger partial charge is 0.356 e. The third-order valence-corrected chi connectivity index (χ3v) is 5.01. The first-order valence-corrected chi connectivity index (χ1v) is 9.73. The summed E-state index contributed by atoms with van der Waals surface area (Å²) in [6.45, 7) is 9.34. The number of benzene rings is 1. The van der Waals surface area contributed by atoms with Crippen LogP contribution in [-0.2, 0) is 6.42 Å². The van der Waals surface area contributed by atoms with Crippen LogP contribution in [0, 0.1) is 5.41 Å². The molecule has 3 rings (SSSR count). The number of nitrogens with one attached hydrogen (secondary N) is 1. The van der Waals surface area contributed by atoms with E-state index in [1.807, 2.05) is 25.4 Å². The third-order valence-electron chi connectivity index (χ3n) is 5.01. The summed E-state index contributed by atoms with van der Waals surface area (Å²) in [5.41, 5.74) is 1.54. The minimum Gasteiger partial charge on any atom is -0.356 e. The standard InChI is InChI=1S/C22H31N5/c1-22(2,17-19-9-5-4-6-10-19)18-25-21(23-3)27-15-13-26(14-16-27)20-11-7-8-12-24-20/h4-12H,13-18H2,1-3H3,(H,23,25). The molecule has 0 spiro atoms. The summed E-state index contributed by atoms with van der Waals surface area (Å²) in [6, 6.07) is 16.8. The summed E-state index contributed by atoms with van der Waals surface area (Å²) >= 11 is 0.